The lowest BCUT2D eigenvalue weighted by atomic mass is 10.1. The van der Waals surface area contributed by atoms with Gasteiger partial charge in [-0.25, -0.2) is 0 Å². The molecular weight excluding hydrogens is 222 g/mol. The largest absolute Gasteiger partial charge is 0.480 e. The Kier molecular flexibility index (Phi) is 3.38. The zero-order chi connectivity index (χ0) is 12.5. The highest BCUT2D eigenvalue weighted by Gasteiger charge is 2.59. The van der Waals surface area contributed by atoms with E-state index in [1.54, 1.807) is 4.90 Å². The van der Waals surface area contributed by atoms with Crippen LogP contribution in [0.2, 0.25) is 0 Å². The van der Waals surface area contributed by atoms with Gasteiger partial charge in [-0.3, -0.25) is 9.59 Å². The van der Waals surface area contributed by atoms with Crippen molar-refractivity contribution < 1.29 is 19.4 Å². The molecule has 0 aromatic heterocycles. The van der Waals surface area contributed by atoms with E-state index in [2.05, 4.69) is 0 Å². The lowest BCUT2D eigenvalue weighted by Crippen LogP contribution is -2.39. The molecule has 2 aliphatic rings. The lowest BCUT2D eigenvalue weighted by Gasteiger charge is -2.20. The van der Waals surface area contributed by atoms with Gasteiger partial charge in [0, 0.05) is 25.6 Å². The summed E-state index contributed by atoms with van der Waals surface area (Å²) >= 11 is 0. The molecule has 0 spiro atoms. The number of ether oxygens (including phenoxy) is 1. The van der Waals surface area contributed by atoms with Crippen molar-refractivity contribution in [2.45, 2.75) is 26.2 Å². The standard InChI is InChI=1S/C12H19NO4/c1-2-17-8-9-3-6-13(7-9)10(14)12(4-5-12)11(15)16/h9H,2-8H2,1H3,(H,15,16)/t9-/m0/s1. The van der Waals surface area contributed by atoms with Gasteiger partial charge in [0.2, 0.25) is 5.91 Å². The number of carboxylic acid groups (broad SMARTS) is 1. The molecule has 0 radical (unpaired) electrons. The van der Waals surface area contributed by atoms with Crippen LogP contribution in [0.15, 0.2) is 0 Å². The van der Waals surface area contributed by atoms with E-state index in [4.69, 9.17) is 9.84 Å². The molecular formula is C12H19NO4. The smallest absolute Gasteiger partial charge is 0.319 e. The fourth-order valence-electron chi connectivity index (χ4n) is 2.38. The van der Waals surface area contributed by atoms with E-state index >= 15 is 0 Å². The van der Waals surface area contributed by atoms with Crippen LogP contribution in [0.5, 0.6) is 0 Å². The van der Waals surface area contributed by atoms with E-state index in [-0.39, 0.29) is 5.91 Å². The maximum Gasteiger partial charge on any atom is 0.319 e. The van der Waals surface area contributed by atoms with E-state index < -0.39 is 11.4 Å². The van der Waals surface area contributed by atoms with E-state index in [9.17, 15) is 9.59 Å². The number of carbonyl (C=O) groups excluding carboxylic acids is 1. The average Bonchev–Trinajstić information content (AvgIpc) is 2.99. The molecule has 1 saturated carbocycles. The molecule has 1 aliphatic carbocycles. The maximum atomic E-state index is 12.1. The number of nitrogens with zero attached hydrogens (tertiary/aromatic N) is 1. The second-order valence-corrected chi connectivity index (χ2v) is 4.95. The highest BCUT2D eigenvalue weighted by Crippen LogP contribution is 2.48. The lowest BCUT2D eigenvalue weighted by molar-refractivity contribution is -0.153. The van der Waals surface area contributed by atoms with Crippen LogP contribution < -0.4 is 0 Å². The Morgan fingerprint density at radius 2 is 2.18 bits per heavy atom. The van der Waals surface area contributed by atoms with Crippen molar-refractivity contribution in [2.24, 2.45) is 11.3 Å². The SMILES string of the molecule is CCOC[C@H]1CCN(C(=O)C2(C(=O)O)CC2)C1. The van der Waals surface area contributed by atoms with Crippen LogP contribution in [0, 0.1) is 11.3 Å². The fourth-order valence-corrected chi connectivity index (χ4v) is 2.38. The topological polar surface area (TPSA) is 66.8 Å². The molecule has 1 N–H and O–H groups in total. The van der Waals surface area contributed by atoms with Crippen molar-refractivity contribution in [3.8, 4) is 0 Å². The van der Waals surface area contributed by atoms with Crippen LogP contribution in [0.4, 0.5) is 0 Å². The number of likely N-dealkylation sites (tertiary alicyclic amines) is 1. The fraction of sp³-hybridized carbons (Fsp3) is 0.833. The summed E-state index contributed by atoms with van der Waals surface area (Å²) in [5.41, 5.74) is -1.08. The summed E-state index contributed by atoms with van der Waals surface area (Å²) in [4.78, 5) is 24.9. The van der Waals surface area contributed by atoms with Crippen molar-refractivity contribution in [1.29, 1.82) is 0 Å². The molecule has 0 aromatic carbocycles. The van der Waals surface area contributed by atoms with Crippen molar-refractivity contribution in [3.05, 3.63) is 0 Å². The molecule has 17 heavy (non-hydrogen) atoms. The van der Waals surface area contributed by atoms with Crippen LogP contribution in [0.25, 0.3) is 0 Å². The zero-order valence-corrected chi connectivity index (χ0v) is 10.1. The number of carbonyl (C=O) groups is 2. The molecule has 1 saturated heterocycles. The van der Waals surface area contributed by atoms with Gasteiger partial charge in [0.25, 0.3) is 0 Å². The highest BCUT2D eigenvalue weighted by molar-refractivity contribution is 6.04. The number of aliphatic carboxylic acids is 1. The third-order valence-electron chi connectivity index (χ3n) is 3.70. The second kappa shape index (κ2) is 4.64. The molecule has 1 atom stereocenters. The molecule has 1 aliphatic heterocycles. The van der Waals surface area contributed by atoms with Crippen LogP contribution >= 0.6 is 0 Å². The van der Waals surface area contributed by atoms with Crippen LogP contribution in [0.3, 0.4) is 0 Å². The number of carboxylic acids is 1. The Morgan fingerprint density at radius 3 is 2.71 bits per heavy atom. The average molecular weight is 241 g/mol. The molecule has 2 rings (SSSR count). The van der Waals surface area contributed by atoms with Gasteiger partial charge in [0.15, 0.2) is 0 Å². The Balaban J connectivity index is 1.88. The van der Waals surface area contributed by atoms with Crippen LogP contribution in [-0.2, 0) is 14.3 Å². The molecule has 1 heterocycles. The summed E-state index contributed by atoms with van der Waals surface area (Å²) in [7, 11) is 0. The van der Waals surface area contributed by atoms with Gasteiger partial charge in [-0.15, -0.1) is 0 Å². The van der Waals surface area contributed by atoms with Gasteiger partial charge < -0.3 is 14.7 Å². The molecule has 1 amide bonds. The number of hydrogen-bond acceptors (Lipinski definition) is 3. The number of rotatable bonds is 5. The Hall–Kier alpha value is -1.10. The third kappa shape index (κ3) is 2.29. The highest BCUT2D eigenvalue weighted by atomic mass is 16.5. The van der Waals surface area contributed by atoms with Crippen molar-refractivity contribution in [1.82, 2.24) is 4.90 Å². The third-order valence-corrected chi connectivity index (χ3v) is 3.70. The van der Waals surface area contributed by atoms with Gasteiger partial charge in [-0.2, -0.15) is 0 Å². The van der Waals surface area contributed by atoms with Crippen molar-refractivity contribution in [2.75, 3.05) is 26.3 Å². The van der Waals surface area contributed by atoms with E-state index in [1.807, 2.05) is 6.92 Å². The Bertz CT molecular complexity index is 324. The van der Waals surface area contributed by atoms with E-state index in [1.165, 1.54) is 0 Å². The quantitative estimate of drug-likeness (QED) is 0.721. The van der Waals surface area contributed by atoms with Gasteiger partial charge >= 0.3 is 5.97 Å². The van der Waals surface area contributed by atoms with Crippen LogP contribution in [-0.4, -0.2) is 48.2 Å². The molecule has 96 valence electrons. The molecule has 0 aromatic rings. The first-order valence-electron chi connectivity index (χ1n) is 6.20. The Morgan fingerprint density at radius 1 is 1.47 bits per heavy atom. The molecule has 0 bridgehead atoms. The van der Waals surface area contributed by atoms with Gasteiger partial charge in [0.1, 0.15) is 5.41 Å². The minimum atomic E-state index is -1.08. The van der Waals surface area contributed by atoms with Crippen LogP contribution in [0.1, 0.15) is 26.2 Å². The molecule has 5 heteroatoms. The summed E-state index contributed by atoms with van der Waals surface area (Å²) in [5.74, 6) is -0.789. The predicted octanol–water partition coefficient (Wildman–Crippen LogP) is 0.736. The van der Waals surface area contributed by atoms with E-state index in [0.29, 0.717) is 45.1 Å². The summed E-state index contributed by atoms with van der Waals surface area (Å²) < 4.78 is 5.34. The summed E-state index contributed by atoms with van der Waals surface area (Å²) in [6, 6.07) is 0. The first-order chi connectivity index (χ1) is 8.10. The number of hydrogen-bond donors (Lipinski definition) is 1. The van der Waals surface area contributed by atoms with E-state index in [0.717, 1.165) is 6.42 Å². The molecule has 2 fully saturated rings. The molecule has 0 unspecified atom stereocenters. The normalized spacial score (nSPS) is 25.9. The van der Waals surface area contributed by atoms with Crippen molar-refractivity contribution >= 4 is 11.9 Å². The summed E-state index contributed by atoms with van der Waals surface area (Å²) in [6.07, 6.45) is 1.91. The monoisotopic (exact) mass is 241 g/mol. The van der Waals surface area contributed by atoms with Gasteiger partial charge in [-0.1, -0.05) is 0 Å². The first-order valence-corrected chi connectivity index (χ1v) is 6.20. The first kappa shape index (κ1) is 12.4. The minimum absolute atomic E-state index is 0.191. The predicted molar refractivity (Wildman–Crippen MR) is 60.5 cm³/mol. The summed E-state index contributed by atoms with van der Waals surface area (Å²) in [6.45, 7) is 4.62. The number of amides is 1. The van der Waals surface area contributed by atoms with Gasteiger partial charge in [-0.05, 0) is 26.2 Å². The van der Waals surface area contributed by atoms with Crippen molar-refractivity contribution in [3.63, 3.8) is 0 Å². The molecule has 5 nitrogen and oxygen atoms in total. The maximum absolute atomic E-state index is 12.1. The zero-order valence-electron chi connectivity index (χ0n) is 10.1. The minimum Gasteiger partial charge on any atom is -0.480 e. The second-order valence-electron chi connectivity index (χ2n) is 4.95. The Labute approximate surface area is 101 Å². The van der Waals surface area contributed by atoms with Gasteiger partial charge in [0.05, 0.1) is 6.61 Å². The summed E-state index contributed by atoms with van der Waals surface area (Å²) in [5, 5.41) is 9.07.